The maximum Gasteiger partial charge on any atom is 0.188 e. The van der Waals surface area contributed by atoms with Gasteiger partial charge in [-0.2, -0.15) is 11.8 Å². The van der Waals surface area contributed by atoms with Crippen molar-refractivity contribution in [1.82, 2.24) is 30.6 Å². The zero-order valence-electron chi connectivity index (χ0n) is 14.4. The molecule has 8 heteroatoms. The predicted molar refractivity (Wildman–Crippen MR) is 99.3 cm³/mol. The standard InChI is InChI=1S/C16H27N7S/c1-3-13(8-24-9-15-12(2)20-11-22-15)23-16(17)19-6-4-5-14-7-18-10-21-14/h7,10-11,13H,3-6,8-9H2,1-2H3,(H,18,21)(H,20,22)(H3,17,19,23). The maximum atomic E-state index is 8.01. The van der Waals surface area contributed by atoms with Crippen LogP contribution in [-0.4, -0.2) is 44.2 Å². The molecule has 0 aliphatic heterocycles. The van der Waals surface area contributed by atoms with Crippen LogP contribution < -0.4 is 10.6 Å². The molecule has 0 aromatic carbocycles. The normalized spacial score (nSPS) is 12.1. The molecule has 0 bridgehead atoms. The van der Waals surface area contributed by atoms with Gasteiger partial charge in [0.15, 0.2) is 5.96 Å². The van der Waals surface area contributed by atoms with E-state index in [0.29, 0.717) is 12.0 Å². The molecule has 0 saturated heterocycles. The van der Waals surface area contributed by atoms with Crippen LogP contribution >= 0.6 is 11.8 Å². The molecule has 0 spiro atoms. The zero-order valence-corrected chi connectivity index (χ0v) is 15.2. The lowest BCUT2D eigenvalue weighted by atomic mass is 10.2. The number of hydrogen-bond acceptors (Lipinski definition) is 4. The van der Waals surface area contributed by atoms with Gasteiger partial charge in [0, 0.05) is 36.0 Å². The molecule has 0 fully saturated rings. The summed E-state index contributed by atoms with van der Waals surface area (Å²) in [6.45, 7) is 4.96. The van der Waals surface area contributed by atoms with Gasteiger partial charge in [0.05, 0.1) is 24.0 Å². The fourth-order valence-corrected chi connectivity index (χ4v) is 3.46. The quantitative estimate of drug-likeness (QED) is 0.257. The number of aromatic amines is 2. The minimum atomic E-state index is 0.292. The Kier molecular flexibility index (Phi) is 7.67. The van der Waals surface area contributed by atoms with Gasteiger partial charge in [-0.3, -0.25) is 5.41 Å². The highest BCUT2D eigenvalue weighted by atomic mass is 32.2. The van der Waals surface area contributed by atoms with E-state index in [9.17, 15) is 0 Å². The third kappa shape index (κ3) is 6.27. The lowest BCUT2D eigenvalue weighted by Crippen LogP contribution is -2.44. The third-order valence-corrected chi connectivity index (χ3v) is 4.92. The van der Waals surface area contributed by atoms with Crippen molar-refractivity contribution >= 4 is 17.7 Å². The maximum absolute atomic E-state index is 8.01. The first-order chi connectivity index (χ1) is 11.7. The van der Waals surface area contributed by atoms with Gasteiger partial charge in [0.25, 0.3) is 0 Å². The number of rotatable bonds is 10. The number of nitrogens with zero attached hydrogens (tertiary/aromatic N) is 2. The summed E-state index contributed by atoms with van der Waals surface area (Å²) in [5.41, 5.74) is 3.31. The van der Waals surface area contributed by atoms with Crippen molar-refractivity contribution in [3.05, 3.63) is 35.9 Å². The van der Waals surface area contributed by atoms with E-state index in [-0.39, 0.29) is 0 Å². The number of aryl methyl sites for hydroxylation is 2. The fraction of sp³-hybridized carbons (Fsp3) is 0.562. The Morgan fingerprint density at radius 3 is 2.92 bits per heavy atom. The minimum Gasteiger partial charge on any atom is -0.357 e. The Morgan fingerprint density at radius 1 is 1.38 bits per heavy atom. The Morgan fingerprint density at radius 2 is 2.25 bits per heavy atom. The molecule has 132 valence electrons. The molecule has 0 radical (unpaired) electrons. The summed E-state index contributed by atoms with van der Waals surface area (Å²) in [6, 6.07) is 0.292. The van der Waals surface area contributed by atoms with E-state index in [1.807, 2.05) is 24.9 Å². The zero-order chi connectivity index (χ0) is 17.2. The van der Waals surface area contributed by atoms with Gasteiger partial charge in [0.1, 0.15) is 0 Å². The molecule has 2 heterocycles. The molecule has 2 aromatic heterocycles. The van der Waals surface area contributed by atoms with E-state index < -0.39 is 0 Å². The van der Waals surface area contributed by atoms with E-state index in [1.165, 1.54) is 0 Å². The Hall–Kier alpha value is -1.96. The molecule has 0 aliphatic rings. The Balaban J connectivity index is 1.58. The van der Waals surface area contributed by atoms with E-state index in [0.717, 1.165) is 54.4 Å². The molecule has 1 unspecified atom stereocenters. The van der Waals surface area contributed by atoms with Crippen LogP contribution in [0.15, 0.2) is 18.9 Å². The molecule has 24 heavy (non-hydrogen) atoms. The Labute approximate surface area is 147 Å². The lowest BCUT2D eigenvalue weighted by Gasteiger charge is -2.19. The first-order valence-corrected chi connectivity index (χ1v) is 9.47. The molecule has 2 aromatic rings. The molecule has 2 rings (SSSR count). The van der Waals surface area contributed by atoms with Crippen molar-refractivity contribution in [3.63, 3.8) is 0 Å². The van der Waals surface area contributed by atoms with Crippen LogP contribution in [0.25, 0.3) is 0 Å². The average Bonchev–Trinajstić information content (AvgIpc) is 3.23. The number of H-pyrrole nitrogens is 2. The molecular weight excluding hydrogens is 322 g/mol. The summed E-state index contributed by atoms with van der Waals surface area (Å²) < 4.78 is 0. The van der Waals surface area contributed by atoms with E-state index in [2.05, 4.69) is 37.5 Å². The summed E-state index contributed by atoms with van der Waals surface area (Å²) >= 11 is 1.85. The fourth-order valence-electron chi connectivity index (χ4n) is 2.26. The highest BCUT2D eigenvalue weighted by molar-refractivity contribution is 7.98. The van der Waals surface area contributed by atoms with Gasteiger partial charge in [-0.25, -0.2) is 9.97 Å². The van der Waals surface area contributed by atoms with Crippen LogP contribution in [0.2, 0.25) is 0 Å². The van der Waals surface area contributed by atoms with Crippen molar-refractivity contribution in [3.8, 4) is 0 Å². The average molecular weight is 350 g/mol. The van der Waals surface area contributed by atoms with E-state index in [4.69, 9.17) is 5.41 Å². The second-order valence-corrected chi connectivity index (χ2v) is 6.73. The summed E-state index contributed by atoms with van der Waals surface area (Å²) in [5, 5.41) is 14.4. The predicted octanol–water partition coefficient (Wildman–Crippen LogP) is 2.20. The van der Waals surface area contributed by atoms with Gasteiger partial charge in [0.2, 0.25) is 0 Å². The number of guanidine groups is 1. The van der Waals surface area contributed by atoms with Crippen LogP contribution in [0.3, 0.4) is 0 Å². The largest absolute Gasteiger partial charge is 0.357 e. The van der Waals surface area contributed by atoms with Gasteiger partial charge in [-0.15, -0.1) is 0 Å². The molecular formula is C16H27N7S. The smallest absolute Gasteiger partial charge is 0.188 e. The summed E-state index contributed by atoms with van der Waals surface area (Å²) in [5.74, 6) is 2.26. The second kappa shape index (κ2) is 10.0. The second-order valence-electron chi connectivity index (χ2n) is 5.70. The van der Waals surface area contributed by atoms with Crippen LogP contribution in [0.5, 0.6) is 0 Å². The van der Waals surface area contributed by atoms with Crippen LogP contribution in [0.1, 0.15) is 36.8 Å². The van der Waals surface area contributed by atoms with E-state index >= 15 is 0 Å². The van der Waals surface area contributed by atoms with E-state index in [1.54, 1.807) is 12.7 Å². The summed E-state index contributed by atoms with van der Waals surface area (Å²) in [4.78, 5) is 14.6. The van der Waals surface area contributed by atoms with Crippen LogP contribution in [0.4, 0.5) is 0 Å². The third-order valence-electron chi connectivity index (χ3n) is 3.80. The molecule has 1 atom stereocenters. The molecule has 0 amide bonds. The first-order valence-electron chi connectivity index (χ1n) is 8.32. The van der Waals surface area contributed by atoms with Crippen molar-refractivity contribution < 1.29 is 0 Å². The van der Waals surface area contributed by atoms with Gasteiger partial charge in [-0.05, 0) is 26.2 Å². The minimum absolute atomic E-state index is 0.292. The van der Waals surface area contributed by atoms with Crippen LogP contribution in [0, 0.1) is 12.3 Å². The molecule has 0 saturated carbocycles. The molecule has 5 N–H and O–H groups in total. The SMILES string of the molecule is CCC(CSCc1nc[nH]c1C)NC(=N)NCCCc1c[nH]cn1. The topological polar surface area (TPSA) is 105 Å². The van der Waals surface area contributed by atoms with Crippen molar-refractivity contribution in [2.24, 2.45) is 0 Å². The Bertz CT molecular complexity index is 593. The monoisotopic (exact) mass is 349 g/mol. The number of hydrogen-bond donors (Lipinski definition) is 5. The molecule has 7 nitrogen and oxygen atoms in total. The van der Waals surface area contributed by atoms with Crippen LogP contribution in [-0.2, 0) is 12.2 Å². The number of imidazole rings is 2. The number of nitrogens with one attached hydrogen (secondary N) is 5. The number of aromatic nitrogens is 4. The van der Waals surface area contributed by atoms with Gasteiger partial charge < -0.3 is 20.6 Å². The van der Waals surface area contributed by atoms with Gasteiger partial charge in [-0.1, -0.05) is 6.92 Å². The first kappa shape index (κ1) is 18.4. The van der Waals surface area contributed by atoms with Crippen molar-refractivity contribution in [1.29, 1.82) is 5.41 Å². The van der Waals surface area contributed by atoms with Crippen molar-refractivity contribution in [2.45, 2.75) is 44.9 Å². The van der Waals surface area contributed by atoms with Crippen molar-refractivity contribution in [2.75, 3.05) is 12.3 Å². The molecule has 0 aliphatic carbocycles. The lowest BCUT2D eigenvalue weighted by molar-refractivity contribution is 0.625. The highest BCUT2D eigenvalue weighted by Gasteiger charge is 2.09. The van der Waals surface area contributed by atoms with Gasteiger partial charge >= 0.3 is 0 Å². The highest BCUT2D eigenvalue weighted by Crippen LogP contribution is 2.14. The summed E-state index contributed by atoms with van der Waals surface area (Å²) in [7, 11) is 0. The summed E-state index contributed by atoms with van der Waals surface area (Å²) in [6.07, 6.45) is 8.21. The number of thioether (sulfide) groups is 1.